The van der Waals surface area contributed by atoms with Gasteiger partial charge in [-0.2, -0.15) is 0 Å². The molecule has 19 heavy (non-hydrogen) atoms. The summed E-state index contributed by atoms with van der Waals surface area (Å²) >= 11 is 0. The van der Waals surface area contributed by atoms with Crippen molar-refractivity contribution >= 4 is 23.1 Å². The van der Waals surface area contributed by atoms with Gasteiger partial charge in [-0.3, -0.25) is 14.4 Å². The van der Waals surface area contributed by atoms with E-state index in [1.807, 2.05) is 0 Å². The Morgan fingerprint density at radius 3 is 1.74 bits per heavy atom. The molecule has 100 valence electrons. The predicted molar refractivity (Wildman–Crippen MR) is 69.9 cm³/mol. The van der Waals surface area contributed by atoms with Crippen molar-refractivity contribution in [1.29, 1.82) is 0 Å². The smallest absolute Gasteiger partial charge is 0.170 e. The number of carbonyl (C=O) groups is 3. The van der Waals surface area contributed by atoms with E-state index < -0.39 is 0 Å². The Morgan fingerprint density at radius 2 is 1.37 bits per heavy atom. The number of benzene rings is 1. The van der Waals surface area contributed by atoms with E-state index in [4.69, 9.17) is 5.21 Å². The molecule has 0 aliphatic rings. The Morgan fingerprint density at radius 1 is 0.947 bits per heavy atom. The number of oxime groups is 1. The molecule has 1 N–H and O–H groups in total. The molecule has 0 unspecified atom stereocenters. The van der Waals surface area contributed by atoms with Crippen molar-refractivity contribution in [2.75, 3.05) is 0 Å². The molecule has 1 aromatic rings. The average Bonchev–Trinajstić information content (AvgIpc) is 2.37. The summed E-state index contributed by atoms with van der Waals surface area (Å²) in [6.07, 6.45) is -0.110. The van der Waals surface area contributed by atoms with Crippen LogP contribution in [0.2, 0.25) is 0 Å². The Balaban J connectivity index is 2.79. The summed E-state index contributed by atoms with van der Waals surface area (Å²) in [5, 5.41) is 11.4. The zero-order valence-electron chi connectivity index (χ0n) is 10.8. The maximum absolute atomic E-state index is 11.7. The van der Waals surface area contributed by atoms with Gasteiger partial charge in [-0.25, -0.2) is 0 Å². The first-order valence-corrected chi connectivity index (χ1v) is 5.77. The monoisotopic (exact) mass is 261 g/mol. The van der Waals surface area contributed by atoms with Crippen LogP contribution in [0.4, 0.5) is 0 Å². The summed E-state index contributed by atoms with van der Waals surface area (Å²) in [7, 11) is 0. The normalized spacial score (nSPS) is 11.2. The molecule has 5 heteroatoms. The first-order valence-electron chi connectivity index (χ1n) is 5.77. The third-order valence-electron chi connectivity index (χ3n) is 2.53. The lowest BCUT2D eigenvalue weighted by atomic mass is 10.0. The fourth-order valence-corrected chi connectivity index (χ4v) is 1.54. The second kappa shape index (κ2) is 6.58. The summed E-state index contributed by atoms with van der Waals surface area (Å²) in [4.78, 5) is 34.2. The van der Waals surface area contributed by atoms with Crippen LogP contribution in [0.25, 0.3) is 0 Å². The van der Waals surface area contributed by atoms with E-state index in [2.05, 4.69) is 5.16 Å². The highest BCUT2D eigenvalue weighted by molar-refractivity contribution is 6.10. The molecule has 5 nitrogen and oxygen atoms in total. The molecule has 0 aliphatic carbocycles. The van der Waals surface area contributed by atoms with Gasteiger partial charge >= 0.3 is 0 Å². The van der Waals surface area contributed by atoms with Gasteiger partial charge in [-0.15, -0.1) is 0 Å². The summed E-state index contributed by atoms with van der Waals surface area (Å²) in [6.45, 7) is 2.90. The van der Waals surface area contributed by atoms with Gasteiger partial charge in [-0.05, 0) is 13.8 Å². The van der Waals surface area contributed by atoms with E-state index in [1.54, 1.807) is 6.92 Å². The Hall–Kier alpha value is -2.30. The van der Waals surface area contributed by atoms with Crippen LogP contribution in [0.5, 0.6) is 0 Å². The number of rotatable bonds is 6. The number of hydrogen-bond acceptors (Lipinski definition) is 5. The number of nitrogens with zero attached hydrogens (tertiary/aromatic N) is 1. The van der Waals surface area contributed by atoms with Gasteiger partial charge in [0.15, 0.2) is 11.6 Å². The maximum Gasteiger partial charge on any atom is 0.170 e. The summed E-state index contributed by atoms with van der Waals surface area (Å²) < 4.78 is 0. The minimum absolute atomic E-state index is 0.0250. The van der Waals surface area contributed by atoms with Gasteiger partial charge in [0.1, 0.15) is 5.78 Å². The number of ketones is 3. The van der Waals surface area contributed by atoms with E-state index in [1.165, 1.54) is 31.2 Å². The second-order valence-corrected chi connectivity index (χ2v) is 4.31. The van der Waals surface area contributed by atoms with Gasteiger partial charge in [0.25, 0.3) is 0 Å². The van der Waals surface area contributed by atoms with Crippen molar-refractivity contribution in [3.63, 3.8) is 0 Å². The third kappa shape index (κ3) is 4.46. The molecule has 0 bridgehead atoms. The third-order valence-corrected chi connectivity index (χ3v) is 2.53. The lowest BCUT2D eigenvalue weighted by Crippen LogP contribution is -2.07. The van der Waals surface area contributed by atoms with E-state index in [-0.39, 0.29) is 30.2 Å². The van der Waals surface area contributed by atoms with Crippen molar-refractivity contribution < 1.29 is 19.6 Å². The molecular formula is C14H15NO4. The first-order chi connectivity index (χ1) is 8.93. The largest absolute Gasteiger partial charge is 0.411 e. The standard InChI is InChI=1S/C14H15NO4/c1-9(15-19)7-13(17)11-3-5-12(6-4-11)14(18)8-10(2)16/h3-6,19H,7-8H2,1-2H3. The fraction of sp³-hybridized carbons (Fsp3) is 0.286. The van der Waals surface area contributed by atoms with E-state index >= 15 is 0 Å². The number of Topliss-reactive ketones (excluding diaryl/α,β-unsaturated/α-hetero) is 3. The van der Waals surface area contributed by atoms with Crippen LogP contribution in [-0.2, 0) is 4.79 Å². The average molecular weight is 261 g/mol. The molecular weight excluding hydrogens is 246 g/mol. The molecule has 0 saturated heterocycles. The zero-order valence-corrected chi connectivity index (χ0v) is 10.8. The van der Waals surface area contributed by atoms with Gasteiger partial charge in [0, 0.05) is 11.1 Å². The quantitative estimate of drug-likeness (QED) is 0.280. The topological polar surface area (TPSA) is 83.8 Å². The molecule has 0 fully saturated rings. The van der Waals surface area contributed by atoms with Crippen LogP contribution in [-0.4, -0.2) is 28.3 Å². The SMILES string of the molecule is CC(=O)CC(=O)c1ccc(C(=O)CC(C)=NO)cc1. The van der Waals surface area contributed by atoms with Crippen LogP contribution < -0.4 is 0 Å². The maximum atomic E-state index is 11.7. The highest BCUT2D eigenvalue weighted by Crippen LogP contribution is 2.10. The molecule has 0 heterocycles. The Bertz CT molecular complexity index is 529. The first kappa shape index (κ1) is 14.8. The number of carbonyl (C=O) groups excluding carboxylic acids is 3. The van der Waals surface area contributed by atoms with Crippen molar-refractivity contribution in [2.24, 2.45) is 5.16 Å². The van der Waals surface area contributed by atoms with Crippen molar-refractivity contribution in [2.45, 2.75) is 26.7 Å². The summed E-state index contributed by atoms with van der Waals surface area (Å²) in [5.41, 5.74) is 1.16. The van der Waals surface area contributed by atoms with E-state index in [9.17, 15) is 14.4 Å². The van der Waals surface area contributed by atoms with Crippen LogP contribution in [0.3, 0.4) is 0 Å². The fourth-order valence-electron chi connectivity index (χ4n) is 1.54. The lowest BCUT2D eigenvalue weighted by Gasteiger charge is -2.02. The molecule has 0 aliphatic heterocycles. The molecule has 0 aromatic heterocycles. The summed E-state index contributed by atoms with van der Waals surface area (Å²) in [5.74, 6) is -0.652. The molecule has 1 rings (SSSR count). The van der Waals surface area contributed by atoms with Gasteiger partial charge in [0.05, 0.1) is 18.6 Å². The van der Waals surface area contributed by atoms with Crippen molar-refractivity contribution in [3.8, 4) is 0 Å². The molecule has 1 aromatic carbocycles. The summed E-state index contributed by atoms with van der Waals surface area (Å²) in [6, 6.07) is 6.09. The van der Waals surface area contributed by atoms with Crippen LogP contribution in [0, 0.1) is 0 Å². The van der Waals surface area contributed by atoms with Crippen LogP contribution in [0.1, 0.15) is 47.4 Å². The van der Waals surface area contributed by atoms with Gasteiger partial charge in [-0.1, -0.05) is 29.4 Å². The zero-order chi connectivity index (χ0) is 14.4. The van der Waals surface area contributed by atoms with Crippen molar-refractivity contribution in [3.05, 3.63) is 35.4 Å². The molecule has 0 spiro atoms. The van der Waals surface area contributed by atoms with E-state index in [0.717, 1.165) is 0 Å². The molecule has 0 radical (unpaired) electrons. The Labute approximate surface area is 110 Å². The van der Waals surface area contributed by atoms with Crippen LogP contribution in [0.15, 0.2) is 29.4 Å². The van der Waals surface area contributed by atoms with Crippen LogP contribution >= 0.6 is 0 Å². The minimum atomic E-state index is -0.264. The molecule has 0 atom stereocenters. The lowest BCUT2D eigenvalue weighted by molar-refractivity contribution is -0.116. The second-order valence-electron chi connectivity index (χ2n) is 4.31. The Kier molecular flexibility index (Phi) is 5.11. The molecule has 0 saturated carbocycles. The van der Waals surface area contributed by atoms with Gasteiger partial charge < -0.3 is 5.21 Å². The highest BCUT2D eigenvalue weighted by Gasteiger charge is 2.11. The van der Waals surface area contributed by atoms with Crippen molar-refractivity contribution in [1.82, 2.24) is 0 Å². The predicted octanol–water partition coefficient (Wildman–Crippen LogP) is 2.27. The number of hydrogen-bond donors (Lipinski definition) is 1. The van der Waals surface area contributed by atoms with E-state index in [0.29, 0.717) is 16.8 Å². The molecule has 0 amide bonds. The highest BCUT2D eigenvalue weighted by atomic mass is 16.4. The van der Waals surface area contributed by atoms with Gasteiger partial charge in [0.2, 0.25) is 0 Å². The minimum Gasteiger partial charge on any atom is -0.411 e.